The van der Waals surface area contributed by atoms with Gasteiger partial charge in [0.25, 0.3) is 0 Å². The summed E-state index contributed by atoms with van der Waals surface area (Å²) in [6, 6.07) is 3.68. The second-order valence-corrected chi connectivity index (χ2v) is 5.39. The minimum absolute atomic E-state index is 0.413. The third-order valence-corrected chi connectivity index (χ3v) is 3.29. The number of rotatable bonds is 5. The van der Waals surface area contributed by atoms with Crippen LogP contribution in [0.15, 0.2) is 28.3 Å². The summed E-state index contributed by atoms with van der Waals surface area (Å²) in [5.41, 5.74) is 0. The molecule has 1 aromatic carbocycles. The van der Waals surface area contributed by atoms with Crippen molar-refractivity contribution in [3.63, 3.8) is 0 Å². The summed E-state index contributed by atoms with van der Waals surface area (Å²) in [4.78, 5) is 15.0. The van der Waals surface area contributed by atoms with E-state index in [0.717, 1.165) is 23.9 Å². The van der Waals surface area contributed by atoms with Crippen LogP contribution in [-0.4, -0.2) is 35.6 Å². The Kier molecular flexibility index (Phi) is 4.89. The predicted molar refractivity (Wildman–Crippen MR) is 78.8 cm³/mol. The summed E-state index contributed by atoms with van der Waals surface area (Å²) >= 11 is 1.15. The first-order chi connectivity index (χ1) is 9.99. The maximum Gasteiger partial charge on any atom is 0.230 e. The van der Waals surface area contributed by atoms with Crippen LogP contribution in [0.1, 0.15) is 6.92 Å². The Morgan fingerprint density at radius 2 is 1.90 bits per heavy atom. The fourth-order valence-corrected chi connectivity index (χ4v) is 2.24. The van der Waals surface area contributed by atoms with Crippen molar-refractivity contribution in [1.82, 2.24) is 15.0 Å². The first-order valence-corrected chi connectivity index (χ1v) is 7.11. The lowest BCUT2D eigenvalue weighted by Crippen LogP contribution is -2.15. The van der Waals surface area contributed by atoms with Gasteiger partial charge in [0.2, 0.25) is 11.9 Å². The highest BCUT2D eigenvalue weighted by molar-refractivity contribution is 7.99. The van der Waals surface area contributed by atoms with Crippen LogP contribution >= 0.6 is 11.8 Å². The molecule has 0 aliphatic carbocycles. The number of anilines is 2. The molecule has 5 nitrogen and oxygen atoms in total. The highest BCUT2D eigenvalue weighted by Gasteiger charge is 2.10. The van der Waals surface area contributed by atoms with Crippen LogP contribution in [0.4, 0.5) is 20.7 Å². The van der Waals surface area contributed by atoms with E-state index in [0.29, 0.717) is 28.5 Å². The van der Waals surface area contributed by atoms with Crippen molar-refractivity contribution in [1.29, 1.82) is 0 Å². The molecule has 1 N–H and O–H groups in total. The van der Waals surface area contributed by atoms with Gasteiger partial charge in [0, 0.05) is 25.5 Å². The first kappa shape index (κ1) is 15.4. The zero-order valence-electron chi connectivity index (χ0n) is 11.9. The fraction of sp³-hybridized carbons (Fsp3) is 0.308. The number of benzene rings is 1. The molecule has 1 aromatic heterocycles. The summed E-state index contributed by atoms with van der Waals surface area (Å²) in [6.45, 7) is 2.60. The average Bonchev–Trinajstić information content (AvgIpc) is 2.43. The molecule has 0 atom stereocenters. The Morgan fingerprint density at radius 1 is 1.14 bits per heavy atom. The molecule has 2 rings (SSSR count). The summed E-state index contributed by atoms with van der Waals surface area (Å²) in [5, 5.41) is 3.43. The molecular weight excluding hydrogens is 296 g/mol. The van der Waals surface area contributed by atoms with Gasteiger partial charge >= 0.3 is 0 Å². The molecule has 0 unspecified atom stereocenters. The molecule has 0 aliphatic heterocycles. The lowest BCUT2D eigenvalue weighted by atomic mass is 10.3. The van der Waals surface area contributed by atoms with Crippen LogP contribution in [0.3, 0.4) is 0 Å². The van der Waals surface area contributed by atoms with Crippen molar-refractivity contribution < 1.29 is 8.78 Å². The molecule has 0 fully saturated rings. The zero-order valence-corrected chi connectivity index (χ0v) is 12.7. The molecule has 0 radical (unpaired) electrons. The molecular formula is C13H15F2N5S. The van der Waals surface area contributed by atoms with E-state index in [1.807, 2.05) is 21.0 Å². The first-order valence-electron chi connectivity index (χ1n) is 6.29. The van der Waals surface area contributed by atoms with Crippen molar-refractivity contribution in [3.05, 3.63) is 29.8 Å². The SMILES string of the molecule is CCNc1nc(Sc2ccc(F)c(F)c2)nc(N(C)C)n1. The normalized spacial score (nSPS) is 10.5. The van der Waals surface area contributed by atoms with Crippen LogP contribution < -0.4 is 10.2 Å². The van der Waals surface area contributed by atoms with Gasteiger partial charge in [-0.05, 0) is 36.9 Å². The van der Waals surface area contributed by atoms with Crippen molar-refractivity contribution >= 4 is 23.7 Å². The summed E-state index contributed by atoms with van der Waals surface area (Å²) in [7, 11) is 3.63. The van der Waals surface area contributed by atoms with E-state index in [-0.39, 0.29) is 0 Å². The molecule has 21 heavy (non-hydrogen) atoms. The van der Waals surface area contributed by atoms with Gasteiger partial charge in [0.15, 0.2) is 16.8 Å². The molecule has 0 bridgehead atoms. The number of nitrogens with zero attached hydrogens (tertiary/aromatic N) is 4. The molecule has 0 saturated carbocycles. The van der Waals surface area contributed by atoms with E-state index >= 15 is 0 Å². The standard InChI is InChI=1S/C13H15F2N5S/c1-4-16-11-17-12(20(2)3)19-13(18-11)21-8-5-6-9(14)10(15)7-8/h5-7H,4H2,1-3H3,(H,16,17,18,19). The Morgan fingerprint density at radius 3 is 2.52 bits per heavy atom. The maximum atomic E-state index is 13.2. The van der Waals surface area contributed by atoms with E-state index in [1.54, 1.807) is 4.90 Å². The Balaban J connectivity index is 2.31. The fourth-order valence-electron chi connectivity index (χ4n) is 1.47. The Bertz CT molecular complexity index is 636. The smallest absolute Gasteiger partial charge is 0.230 e. The quantitative estimate of drug-likeness (QED) is 0.916. The van der Waals surface area contributed by atoms with Gasteiger partial charge in [-0.1, -0.05) is 0 Å². The minimum atomic E-state index is -0.895. The van der Waals surface area contributed by atoms with Gasteiger partial charge in [-0.25, -0.2) is 8.78 Å². The number of hydrogen-bond acceptors (Lipinski definition) is 6. The molecule has 0 amide bonds. The molecule has 1 heterocycles. The van der Waals surface area contributed by atoms with Crippen molar-refractivity contribution in [2.45, 2.75) is 17.0 Å². The minimum Gasteiger partial charge on any atom is -0.354 e. The molecule has 0 saturated heterocycles. The van der Waals surface area contributed by atoms with E-state index in [2.05, 4.69) is 20.3 Å². The van der Waals surface area contributed by atoms with E-state index < -0.39 is 11.6 Å². The average molecular weight is 311 g/mol. The molecule has 8 heteroatoms. The molecule has 0 aliphatic rings. The lowest BCUT2D eigenvalue weighted by molar-refractivity contribution is 0.506. The third kappa shape index (κ3) is 4.01. The van der Waals surface area contributed by atoms with Gasteiger partial charge in [-0.2, -0.15) is 15.0 Å². The van der Waals surface area contributed by atoms with E-state index in [1.165, 1.54) is 6.07 Å². The van der Waals surface area contributed by atoms with Crippen molar-refractivity contribution in [3.8, 4) is 0 Å². The Hall–Kier alpha value is -1.96. The third-order valence-electron chi connectivity index (χ3n) is 2.44. The molecule has 0 spiro atoms. The largest absolute Gasteiger partial charge is 0.354 e. The predicted octanol–water partition coefficient (Wildman–Crippen LogP) is 2.80. The van der Waals surface area contributed by atoms with Gasteiger partial charge < -0.3 is 10.2 Å². The van der Waals surface area contributed by atoms with E-state index in [9.17, 15) is 8.78 Å². The van der Waals surface area contributed by atoms with Gasteiger partial charge in [-0.3, -0.25) is 0 Å². The number of halogens is 2. The summed E-state index contributed by atoms with van der Waals surface area (Å²) in [5.74, 6) is -0.835. The highest BCUT2D eigenvalue weighted by Crippen LogP contribution is 2.27. The van der Waals surface area contributed by atoms with Gasteiger partial charge in [0.1, 0.15) is 0 Å². The maximum absolute atomic E-state index is 13.2. The van der Waals surface area contributed by atoms with Crippen molar-refractivity contribution in [2.24, 2.45) is 0 Å². The number of hydrogen-bond donors (Lipinski definition) is 1. The lowest BCUT2D eigenvalue weighted by Gasteiger charge is -2.12. The van der Waals surface area contributed by atoms with Gasteiger partial charge in [0.05, 0.1) is 0 Å². The van der Waals surface area contributed by atoms with Gasteiger partial charge in [-0.15, -0.1) is 0 Å². The summed E-state index contributed by atoms with van der Waals surface area (Å²) < 4.78 is 26.2. The summed E-state index contributed by atoms with van der Waals surface area (Å²) in [6.07, 6.45) is 0. The molecule has 112 valence electrons. The number of nitrogens with one attached hydrogen (secondary N) is 1. The van der Waals surface area contributed by atoms with E-state index in [4.69, 9.17) is 0 Å². The molecule has 2 aromatic rings. The van der Waals surface area contributed by atoms with Crippen molar-refractivity contribution in [2.75, 3.05) is 30.9 Å². The number of aromatic nitrogens is 3. The zero-order chi connectivity index (χ0) is 15.4. The van der Waals surface area contributed by atoms with Crippen LogP contribution in [-0.2, 0) is 0 Å². The second kappa shape index (κ2) is 6.66. The highest BCUT2D eigenvalue weighted by atomic mass is 32.2. The van der Waals surface area contributed by atoms with Crippen LogP contribution in [0, 0.1) is 11.6 Å². The topological polar surface area (TPSA) is 53.9 Å². The second-order valence-electron chi connectivity index (χ2n) is 4.34. The van der Waals surface area contributed by atoms with Crippen LogP contribution in [0.25, 0.3) is 0 Å². The van der Waals surface area contributed by atoms with Crippen LogP contribution in [0.5, 0.6) is 0 Å². The monoisotopic (exact) mass is 311 g/mol. The van der Waals surface area contributed by atoms with Crippen LogP contribution in [0.2, 0.25) is 0 Å². The Labute approximate surface area is 125 Å².